The van der Waals surface area contributed by atoms with Gasteiger partial charge in [-0.25, -0.2) is 5.43 Å². The summed E-state index contributed by atoms with van der Waals surface area (Å²) < 4.78 is 16.6. The van der Waals surface area contributed by atoms with Crippen LogP contribution in [0.2, 0.25) is 0 Å². The van der Waals surface area contributed by atoms with Crippen LogP contribution < -0.4 is 19.6 Å². The quantitative estimate of drug-likeness (QED) is 0.261. The van der Waals surface area contributed by atoms with Crippen LogP contribution in [0.25, 0.3) is 0 Å². The van der Waals surface area contributed by atoms with Crippen LogP contribution in [0.1, 0.15) is 25.3 Å². The third kappa shape index (κ3) is 7.53. The average Bonchev–Trinajstić information content (AvgIpc) is 2.72. The zero-order valence-electron chi connectivity index (χ0n) is 16.1. The highest BCUT2D eigenvalue weighted by atomic mass is 16.5. The van der Waals surface area contributed by atoms with Crippen LogP contribution in [-0.4, -0.2) is 31.9 Å². The molecular formula is C22H26N2O4. The van der Waals surface area contributed by atoms with E-state index in [1.807, 2.05) is 36.4 Å². The highest BCUT2D eigenvalue weighted by molar-refractivity contribution is 5.85. The van der Waals surface area contributed by atoms with Crippen LogP contribution in [0.15, 0.2) is 66.3 Å². The van der Waals surface area contributed by atoms with Crippen molar-refractivity contribution in [1.29, 1.82) is 0 Å². The molecule has 0 aromatic heterocycles. The number of hydrogen-bond donors (Lipinski definition) is 1. The van der Waals surface area contributed by atoms with Gasteiger partial charge in [0, 0.05) is 5.56 Å². The third-order valence-electron chi connectivity index (χ3n) is 3.63. The summed E-state index contributed by atoms with van der Waals surface area (Å²) in [5.74, 6) is 1.68. The number of hydrazone groups is 1. The van der Waals surface area contributed by atoms with Crippen LogP contribution in [-0.2, 0) is 4.79 Å². The zero-order chi connectivity index (χ0) is 20.0. The van der Waals surface area contributed by atoms with Crippen LogP contribution in [0.4, 0.5) is 0 Å². The first kappa shape index (κ1) is 21.0. The molecule has 2 aromatic carbocycles. The minimum absolute atomic E-state index is 0.137. The number of unbranched alkanes of at least 4 members (excludes halogenated alkanes) is 1. The van der Waals surface area contributed by atoms with Gasteiger partial charge in [-0.2, -0.15) is 5.10 Å². The molecule has 148 valence electrons. The number of rotatable bonds is 12. The molecule has 0 fully saturated rings. The first-order valence-electron chi connectivity index (χ1n) is 9.23. The normalized spacial score (nSPS) is 10.5. The van der Waals surface area contributed by atoms with Crippen molar-refractivity contribution in [2.45, 2.75) is 19.8 Å². The fourth-order valence-electron chi connectivity index (χ4n) is 2.19. The molecule has 2 aromatic rings. The summed E-state index contributed by atoms with van der Waals surface area (Å²) in [7, 11) is 0. The summed E-state index contributed by atoms with van der Waals surface area (Å²) in [5.41, 5.74) is 3.19. The van der Waals surface area contributed by atoms with Gasteiger partial charge in [0.1, 0.15) is 23.9 Å². The van der Waals surface area contributed by atoms with E-state index in [-0.39, 0.29) is 12.5 Å². The molecule has 0 saturated heterocycles. The molecule has 0 saturated carbocycles. The molecule has 0 spiro atoms. The summed E-state index contributed by atoms with van der Waals surface area (Å²) in [5, 5.41) is 3.95. The number of ether oxygens (including phenoxy) is 3. The van der Waals surface area contributed by atoms with Crippen LogP contribution in [0, 0.1) is 0 Å². The van der Waals surface area contributed by atoms with Crippen molar-refractivity contribution < 1.29 is 19.0 Å². The maximum atomic E-state index is 11.9. The molecule has 6 heteroatoms. The van der Waals surface area contributed by atoms with Crippen molar-refractivity contribution in [2.75, 3.05) is 19.8 Å². The Morgan fingerprint density at radius 2 is 1.79 bits per heavy atom. The topological polar surface area (TPSA) is 69.2 Å². The molecule has 0 aliphatic carbocycles. The number of hydrogen-bond acceptors (Lipinski definition) is 5. The fraction of sp³-hybridized carbons (Fsp3) is 0.273. The molecule has 1 N–H and O–H groups in total. The lowest BCUT2D eigenvalue weighted by Crippen LogP contribution is -2.24. The zero-order valence-corrected chi connectivity index (χ0v) is 16.1. The summed E-state index contributed by atoms with van der Waals surface area (Å²) >= 11 is 0. The van der Waals surface area contributed by atoms with Crippen molar-refractivity contribution in [3.05, 3.63) is 66.7 Å². The molecule has 1 amide bonds. The number of benzene rings is 2. The molecule has 0 unspecified atom stereocenters. The molecule has 0 bridgehead atoms. The predicted octanol–water partition coefficient (Wildman–Crippen LogP) is 3.96. The van der Waals surface area contributed by atoms with Gasteiger partial charge in [0.2, 0.25) is 0 Å². The highest BCUT2D eigenvalue weighted by Crippen LogP contribution is 2.18. The molecule has 6 nitrogen and oxygen atoms in total. The van der Waals surface area contributed by atoms with E-state index in [0.717, 1.165) is 24.2 Å². The second kappa shape index (κ2) is 12.2. The standard InChI is InChI=1S/C22H26N2O4/c1-3-5-15-26-19-10-12-20(13-11-19)28-17-22(25)24-23-16-18-8-6-7-9-21(18)27-14-4-2/h4,6-13,16H,2-3,5,14-15,17H2,1H3,(H,24,25)/b23-16+. The number of para-hydroxylation sites is 1. The number of nitrogens with zero attached hydrogens (tertiary/aromatic N) is 1. The third-order valence-corrected chi connectivity index (χ3v) is 3.63. The van der Waals surface area contributed by atoms with E-state index in [1.54, 1.807) is 18.2 Å². The molecule has 0 atom stereocenters. The van der Waals surface area contributed by atoms with E-state index in [4.69, 9.17) is 14.2 Å². The van der Waals surface area contributed by atoms with E-state index in [9.17, 15) is 4.79 Å². The van der Waals surface area contributed by atoms with Gasteiger partial charge in [0.25, 0.3) is 5.91 Å². The summed E-state index contributed by atoms with van der Waals surface area (Å²) in [6, 6.07) is 14.6. The molecule has 0 aliphatic rings. The number of amides is 1. The monoisotopic (exact) mass is 382 g/mol. The van der Waals surface area contributed by atoms with Crippen molar-refractivity contribution >= 4 is 12.1 Å². The van der Waals surface area contributed by atoms with E-state index in [2.05, 4.69) is 24.0 Å². The Morgan fingerprint density at radius 3 is 2.50 bits per heavy atom. The molecule has 0 heterocycles. The van der Waals surface area contributed by atoms with Gasteiger partial charge >= 0.3 is 0 Å². The van der Waals surface area contributed by atoms with Gasteiger partial charge < -0.3 is 14.2 Å². The molecular weight excluding hydrogens is 356 g/mol. The largest absolute Gasteiger partial charge is 0.494 e. The maximum Gasteiger partial charge on any atom is 0.277 e. The highest BCUT2D eigenvalue weighted by Gasteiger charge is 2.03. The summed E-state index contributed by atoms with van der Waals surface area (Å²) in [6.07, 6.45) is 5.30. The van der Waals surface area contributed by atoms with Gasteiger partial charge in [0.15, 0.2) is 6.61 Å². The predicted molar refractivity (Wildman–Crippen MR) is 110 cm³/mol. The van der Waals surface area contributed by atoms with E-state index < -0.39 is 0 Å². The second-order valence-electron chi connectivity index (χ2n) is 5.89. The van der Waals surface area contributed by atoms with Crippen molar-refractivity contribution in [1.82, 2.24) is 5.43 Å². The SMILES string of the molecule is C=CCOc1ccccc1/C=N/NC(=O)COc1ccc(OCCCC)cc1. The van der Waals surface area contributed by atoms with Gasteiger partial charge in [-0.3, -0.25) is 4.79 Å². The maximum absolute atomic E-state index is 11.9. The lowest BCUT2D eigenvalue weighted by atomic mass is 10.2. The fourth-order valence-corrected chi connectivity index (χ4v) is 2.19. The second-order valence-corrected chi connectivity index (χ2v) is 5.89. The molecule has 28 heavy (non-hydrogen) atoms. The van der Waals surface area contributed by atoms with E-state index in [0.29, 0.717) is 24.7 Å². The van der Waals surface area contributed by atoms with Gasteiger partial charge in [-0.15, -0.1) is 0 Å². The first-order chi connectivity index (χ1) is 13.7. The Kier molecular flexibility index (Phi) is 9.14. The minimum Gasteiger partial charge on any atom is -0.494 e. The van der Waals surface area contributed by atoms with Crippen LogP contribution in [0.5, 0.6) is 17.2 Å². The molecule has 0 aliphatic heterocycles. The van der Waals surface area contributed by atoms with Crippen molar-refractivity contribution in [2.24, 2.45) is 5.10 Å². The Morgan fingerprint density at radius 1 is 1.07 bits per heavy atom. The van der Waals surface area contributed by atoms with Crippen LogP contribution >= 0.6 is 0 Å². The molecule has 0 radical (unpaired) electrons. The number of carbonyl (C=O) groups excluding carboxylic acids is 1. The van der Waals surface area contributed by atoms with E-state index >= 15 is 0 Å². The Balaban J connectivity index is 1.77. The smallest absolute Gasteiger partial charge is 0.277 e. The van der Waals surface area contributed by atoms with Gasteiger partial charge in [0.05, 0.1) is 12.8 Å². The Hall–Kier alpha value is -3.28. The molecule has 2 rings (SSSR count). The van der Waals surface area contributed by atoms with Crippen molar-refractivity contribution in [3.63, 3.8) is 0 Å². The summed E-state index contributed by atoms with van der Waals surface area (Å²) in [4.78, 5) is 11.9. The lowest BCUT2D eigenvalue weighted by Gasteiger charge is -2.08. The van der Waals surface area contributed by atoms with E-state index in [1.165, 1.54) is 6.21 Å². The van der Waals surface area contributed by atoms with Gasteiger partial charge in [-0.05, 0) is 42.8 Å². The Bertz CT molecular complexity index is 772. The minimum atomic E-state index is -0.357. The Labute approximate surface area is 165 Å². The first-order valence-corrected chi connectivity index (χ1v) is 9.23. The van der Waals surface area contributed by atoms with Gasteiger partial charge in [-0.1, -0.05) is 38.1 Å². The lowest BCUT2D eigenvalue weighted by molar-refractivity contribution is -0.123. The van der Waals surface area contributed by atoms with Crippen LogP contribution in [0.3, 0.4) is 0 Å². The summed E-state index contributed by atoms with van der Waals surface area (Å²) in [6.45, 7) is 6.69. The number of nitrogens with one attached hydrogen (secondary N) is 1. The average molecular weight is 382 g/mol. The number of carbonyl (C=O) groups is 1. The van der Waals surface area contributed by atoms with Crippen molar-refractivity contribution in [3.8, 4) is 17.2 Å².